The number of amides is 3. The van der Waals surface area contributed by atoms with Crippen LogP contribution in [-0.2, 0) is 42.8 Å². The maximum atomic E-state index is 14.5. The summed E-state index contributed by atoms with van der Waals surface area (Å²) >= 11 is 0. The first-order chi connectivity index (χ1) is 63.6. The molecule has 8 aromatic carbocycles. The third kappa shape index (κ3) is 27.5. The fraction of sp³-hybridized carbons (Fsp3) is 0.306. The molecule has 1 aliphatic carbocycles. The molecule has 35 heteroatoms. The van der Waals surface area contributed by atoms with E-state index in [-0.39, 0.29) is 139 Å². The lowest BCUT2D eigenvalue weighted by molar-refractivity contribution is -0.163. The summed E-state index contributed by atoms with van der Waals surface area (Å²) in [6, 6.07) is 35.7. The molecule has 0 spiro atoms. The summed E-state index contributed by atoms with van der Waals surface area (Å²) in [6.45, 7) is 17.2. The van der Waals surface area contributed by atoms with Gasteiger partial charge in [0.1, 0.15) is 74.2 Å². The van der Waals surface area contributed by atoms with Crippen molar-refractivity contribution in [2.24, 2.45) is 11.1 Å². The molecule has 8 N–H and O–H groups in total. The fourth-order valence-corrected chi connectivity index (χ4v) is 13.4. The van der Waals surface area contributed by atoms with Crippen LogP contribution in [0, 0.1) is 34.5 Å². The van der Waals surface area contributed by atoms with E-state index < -0.39 is 58.4 Å². The molecule has 2 fully saturated rings. The normalized spacial score (nSPS) is 13.5. The minimum Gasteiger partial charge on any atom is -0.492 e. The summed E-state index contributed by atoms with van der Waals surface area (Å²) in [5, 5.41) is 48.5. The molecule has 698 valence electrons. The van der Waals surface area contributed by atoms with Gasteiger partial charge in [-0.1, -0.05) is 72.8 Å². The summed E-state index contributed by atoms with van der Waals surface area (Å²) in [7, 11) is 0. The van der Waals surface area contributed by atoms with Gasteiger partial charge in [-0.15, -0.1) is 0 Å². The van der Waals surface area contributed by atoms with E-state index in [1.807, 2.05) is 0 Å². The van der Waals surface area contributed by atoms with E-state index in [1.54, 1.807) is 171 Å². The third-order valence-corrected chi connectivity index (χ3v) is 20.0. The van der Waals surface area contributed by atoms with Crippen LogP contribution in [0.25, 0.3) is 92.2 Å². The number of fused-ring (bicyclic) bond motifs is 4. The molecule has 1 unspecified atom stereocenters. The highest BCUT2D eigenvalue weighted by molar-refractivity contribution is 6.08. The number of hydrogen-bond donors (Lipinski definition) is 7. The Hall–Kier alpha value is -14.7. The highest BCUT2D eigenvalue weighted by atomic mass is 19.1. The highest BCUT2D eigenvalue weighted by Crippen LogP contribution is 2.47. The molecule has 5 heterocycles. The summed E-state index contributed by atoms with van der Waals surface area (Å²) in [5.74, 6) is -4.85. The van der Waals surface area contributed by atoms with Crippen LogP contribution >= 0.6 is 0 Å². The number of aromatic carboxylic acids is 1. The first-order valence-corrected chi connectivity index (χ1v) is 42.8. The van der Waals surface area contributed by atoms with Crippen molar-refractivity contribution in [3.63, 3.8) is 0 Å². The number of esters is 2. The van der Waals surface area contributed by atoms with Crippen molar-refractivity contribution in [3.8, 4) is 17.2 Å². The van der Waals surface area contributed by atoms with Crippen molar-refractivity contribution < 1.29 is 113 Å². The highest BCUT2D eigenvalue weighted by Gasteiger charge is 2.50. The summed E-state index contributed by atoms with van der Waals surface area (Å²) < 4.78 is 120. The molecule has 1 aliphatic heterocycles. The van der Waals surface area contributed by atoms with E-state index in [0.29, 0.717) is 105 Å². The zero-order chi connectivity index (χ0) is 95.7. The number of H-pyrrole nitrogens is 2. The first-order valence-electron chi connectivity index (χ1n) is 42.8. The number of nitrogens with two attached hydrogens (primary N) is 1. The molecule has 1 saturated heterocycles. The van der Waals surface area contributed by atoms with E-state index in [2.05, 4.69) is 41.2 Å². The lowest BCUT2D eigenvalue weighted by Gasteiger charge is -2.22. The van der Waals surface area contributed by atoms with Gasteiger partial charge in [0.2, 0.25) is 17.7 Å². The quantitative estimate of drug-likeness (QED) is 0.00918. The number of carboxylic acid groups (broad SMARTS) is 1. The molecular weight excluding hydrogens is 1730 g/mol. The molecule has 1 atom stereocenters. The fourth-order valence-electron chi connectivity index (χ4n) is 13.4. The minimum absolute atomic E-state index is 0.0215. The van der Waals surface area contributed by atoms with Gasteiger partial charge < -0.3 is 69.2 Å². The standard InChI is InChI=1S/C31H37FN2O7.C26H28FN3O6.C22H20F2N4O2.C19H17FN2O4/c1-5-37-29(35)23-15-17-25-27(28(23)40-20-8-19-39-26-9-6-7-18-38-26)24(16-12-21-10-13-22(32)14-11-21)33-34(25)30(36)41-31(2,3)4;1-5-34-24(32)18-11-13-20-22(23(18)35-15-14-21(28)31)19(12-8-16-6-9-17(27)10-7-16)29-30(20)25(33)36-26(2,3)4;1-13(29)25-12-22(8-9-22)21(30)26-20-10-16-18(27-28-19(16)11-17(20)24)7-4-14-2-5-15(23)6-3-14;20-13-5-2-12(3-6-13)4-8-15-17-16(22-21-15)9-7-14(19(24)25)18(17)26-11-1-10-23/h10-17,26H,5-9,18-20H2,1-4H3;6-13H,5,14-15H2,1-4H3,(H2,28,31);2-7,10-11H,8-9,12H2,1H3,(H,25,29)(H,26,30)(H,27,28);2-9,23H,1,10-11H2,(H,21,22)(H,24,25)/b16-12+;12-8+;7-4+;8-4+. The molecule has 4 aromatic heterocycles. The summed E-state index contributed by atoms with van der Waals surface area (Å²) in [4.78, 5) is 98.3. The predicted octanol–water partition coefficient (Wildman–Crippen LogP) is 18.4. The third-order valence-electron chi connectivity index (χ3n) is 20.0. The Morgan fingerprint density at radius 3 is 1.47 bits per heavy atom. The van der Waals surface area contributed by atoms with Crippen LogP contribution in [0.3, 0.4) is 0 Å². The molecule has 14 rings (SSSR count). The van der Waals surface area contributed by atoms with Crippen LogP contribution < -0.4 is 30.6 Å². The van der Waals surface area contributed by atoms with Crippen LogP contribution in [-0.4, -0.2) is 175 Å². The zero-order valence-corrected chi connectivity index (χ0v) is 74.6. The molecule has 30 nitrogen and oxygen atoms in total. The second-order valence-corrected chi connectivity index (χ2v) is 32.5. The number of carbonyl (C=O) groups is 8. The summed E-state index contributed by atoms with van der Waals surface area (Å²) in [5.41, 5.74) is 9.89. The maximum Gasteiger partial charge on any atom is 0.435 e. The van der Waals surface area contributed by atoms with Crippen LogP contribution in [0.5, 0.6) is 17.2 Å². The first kappa shape index (κ1) is 98.9. The van der Waals surface area contributed by atoms with Crippen LogP contribution in [0.4, 0.5) is 37.2 Å². The van der Waals surface area contributed by atoms with Gasteiger partial charge in [-0.25, -0.2) is 45.9 Å². The number of benzene rings is 8. The van der Waals surface area contributed by atoms with E-state index in [9.17, 15) is 65.4 Å². The number of anilines is 1. The largest absolute Gasteiger partial charge is 0.492 e. The number of hydrogen-bond acceptors (Lipinski definition) is 22. The SMILES string of the molecule is CC(=O)NCC1(C(=O)Nc2cc3c(/C=C/c4ccc(F)cc4)n[nH]c3cc2F)CC1.CCOC(=O)c1ccc2c(c(/C=C/c3ccc(F)cc3)nn2C(=O)OC(C)(C)C)c1OCCC(N)=O.CCOC(=O)c1ccc2c(c(/C=C/c3ccc(F)cc3)nn2C(=O)OC(C)(C)C)c1OCCCOC1CCCCO1.O=C(O)c1ccc2n[nH]c(/C=C/c3ccc(F)cc3)c2c1OCCCO. The number of aromatic nitrogens is 8. The van der Waals surface area contributed by atoms with Gasteiger partial charge in [0.25, 0.3) is 0 Å². The zero-order valence-electron chi connectivity index (χ0n) is 74.6. The Balaban J connectivity index is 0.000000173. The van der Waals surface area contributed by atoms with Gasteiger partial charge in [-0.05, 0) is 225 Å². The number of aliphatic hydroxyl groups excluding tert-OH is 1. The number of halogens is 5. The Morgan fingerprint density at radius 2 is 1.02 bits per heavy atom. The predicted molar refractivity (Wildman–Crippen MR) is 490 cm³/mol. The lowest BCUT2D eigenvalue weighted by atomic mass is 10.1. The van der Waals surface area contributed by atoms with Crippen molar-refractivity contribution in [1.82, 2.24) is 45.3 Å². The minimum atomic E-state index is -1.11. The van der Waals surface area contributed by atoms with Gasteiger partial charge in [0, 0.05) is 51.0 Å². The van der Waals surface area contributed by atoms with Crippen molar-refractivity contribution in [3.05, 3.63) is 236 Å². The molecule has 0 bridgehead atoms. The van der Waals surface area contributed by atoms with E-state index in [0.717, 1.165) is 45.3 Å². The average molecular weight is 1830 g/mol. The molecule has 1 saturated carbocycles. The molecule has 0 radical (unpaired) electrons. The van der Waals surface area contributed by atoms with E-state index in [4.69, 9.17) is 53.5 Å². The average Bonchev–Trinajstić information content (AvgIpc) is 1.73. The number of rotatable bonds is 31. The molecule has 3 amide bonds. The Bertz CT molecular complexity index is 6280. The van der Waals surface area contributed by atoms with Gasteiger partial charge in [-0.3, -0.25) is 24.6 Å². The molecule has 133 heavy (non-hydrogen) atoms. The number of ether oxygens (including phenoxy) is 9. The number of nitrogens with zero attached hydrogens (tertiary/aromatic N) is 6. The van der Waals surface area contributed by atoms with Crippen molar-refractivity contribution in [2.45, 2.75) is 131 Å². The molecule has 2 aliphatic rings. The smallest absolute Gasteiger partial charge is 0.435 e. The second-order valence-electron chi connectivity index (χ2n) is 32.5. The maximum absolute atomic E-state index is 14.5. The molecule has 12 aromatic rings. The Kier molecular flexibility index (Phi) is 34.0. The number of primary amides is 1. The monoisotopic (exact) mass is 1830 g/mol. The number of nitrogens with one attached hydrogen (secondary N) is 4. The number of carboxylic acids is 1. The van der Waals surface area contributed by atoms with Crippen LogP contribution in [0.1, 0.15) is 190 Å². The Labute approximate surface area is 761 Å². The second kappa shape index (κ2) is 45.7. The van der Waals surface area contributed by atoms with Crippen molar-refractivity contribution >= 4 is 146 Å². The number of aliphatic hydroxyl groups is 1. The Morgan fingerprint density at radius 1 is 0.556 bits per heavy atom. The van der Waals surface area contributed by atoms with Gasteiger partial charge in [0.05, 0.1) is 118 Å². The molecular formula is C98H102F5N11O19. The van der Waals surface area contributed by atoms with E-state index >= 15 is 0 Å². The van der Waals surface area contributed by atoms with Crippen LogP contribution in [0.15, 0.2) is 146 Å². The summed E-state index contributed by atoms with van der Waals surface area (Å²) in [6.07, 6.45) is 17.1. The number of carbonyl (C=O) groups excluding carboxylic acids is 7. The number of aromatic amines is 2. The van der Waals surface area contributed by atoms with E-state index in [1.165, 1.54) is 85.8 Å². The topological polar surface area (TPSA) is 403 Å². The van der Waals surface area contributed by atoms with Gasteiger partial charge in [-0.2, -0.15) is 29.8 Å². The van der Waals surface area contributed by atoms with Crippen LogP contribution in [0.2, 0.25) is 0 Å². The lowest BCUT2D eigenvalue weighted by Crippen LogP contribution is -2.36. The van der Waals surface area contributed by atoms with Gasteiger partial charge in [0.15, 0.2) is 6.29 Å². The van der Waals surface area contributed by atoms with Crippen molar-refractivity contribution in [1.29, 1.82) is 0 Å². The van der Waals surface area contributed by atoms with Gasteiger partial charge >= 0.3 is 30.1 Å². The van der Waals surface area contributed by atoms with Crippen molar-refractivity contribution in [2.75, 3.05) is 64.7 Å².